The third-order valence-corrected chi connectivity index (χ3v) is 9.34. The molecule has 7 rings (SSSR count). The van der Waals surface area contributed by atoms with Crippen molar-refractivity contribution in [1.29, 1.82) is 0 Å². The molecule has 41 heavy (non-hydrogen) atoms. The van der Waals surface area contributed by atoms with E-state index < -0.39 is 0 Å². The van der Waals surface area contributed by atoms with Gasteiger partial charge in [-0.25, -0.2) is 9.97 Å². The molecule has 5 heteroatoms. The van der Waals surface area contributed by atoms with Crippen molar-refractivity contribution in [1.82, 2.24) is 15.3 Å². The van der Waals surface area contributed by atoms with E-state index in [1.165, 1.54) is 17.5 Å². The van der Waals surface area contributed by atoms with Crippen molar-refractivity contribution in [2.24, 2.45) is 11.8 Å². The molecule has 0 saturated heterocycles. The summed E-state index contributed by atoms with van der Waals surface area (Å²) in [5.74, 6) is 2.50. The highest BCUT2D eigenvalue weighted by Gasteiger charge is 2.47. The van der Waals surface area contributed by atoms with E-state index in [2.05, 4.69) is 62.5 Å². The number of carbonyl (C=O) groups excluding carboxylic acids is 1. The highest BCUT2D eigenvalue weighted by molar-refractivity contribution is 6.11. The van der Waals surface area contributed by atoms with Crippen LogP contribution >= 0.6 is 0 Å². The average Bonchev–Trinajstić information content (AvgIpc) is 2.96. The van der Waals surface area contributed by atoms with Gasteiger partial charge in [-0.1, -0.05) is 74.0 Å². The predicted octanol–water partition coefficient (Wildman–Crippen LogP) is 7.53. The van der Waals surface area contributed by atoms with Crippen LogP contribution in [0.5, 0.6) is 5.75 Å². The topological polar surface area (TPSA) is 64.1 Å². The molecule has 0 radical (unpaired) electrons. The Morgan fingerprint density at radius 3 is 2.49 bits per heavy atom. The number of carbonyl (C=O) groups is 1. The summed E-state index contributed by atoms with van der Waals surface area (Å²) >= 11 is 0. The maximum absolute atomic E-state index is 12.8. The number of hydrogen-bond donors (Lipinski definition) is 1. The summed E-state index contributed by atoms with van der Waals surface area (Å²) in [7, 11) is 0. The van der Waals surface area contributed by atoms with Gasteiger partial charge in [0.1, 0.15) is 11.4 Å². The van der Waals surface area contributed by atoms with Gasteiger partial charge in [-0.3, -0.25) is 4.79 Å². The average molecular weight is 544 g/mol. The van der Waals surface area contributed by atoms with Crippen LogP contribution in [0.25, 0.3) is 32.8 Å². The predicted molar refractivity (Wildman–Crippen MR) is 165 cm³/mol. The molecule has 5 aromatic rings. The van der Waals surface area contributed by atoms with Crippen molar-refractivity contribution < 1.29 is 9.53 Å². The van der Waals surface area contributed by atoms with Gasteiger partial charge in [0.25, 0.3) is 0 Å². The fourth-order valence-electron chi connectivity index (χ4n) is 7.29. The Hall–Kier alpha value is -3.99. The Kier molecular flexibility index (Phi) is 6.41. The van der Waals surface area contributed by atoms with E-state index in [1.54, 1.807) is 0 Å². The van der Waals surface area contributed by atoms with E-state index in [0.29, 0.717) is 30.7 Å². The molecule has 1 fully saturated rings. The molecule has 1 amide bonds. The van der Waals surface area contributed by atoms with Crippen molar-refractivity contribution >= 4 is 38.7 Å². The van der Waals surface area contributed by atoms with Crippen molar-refractivity contribution in [3.05, 3.63) is 89.5 Å². The number of nitrogens with one attached hydrogen (secondary N) is 1. The first-order valence-corrected chi connectivity index (χ1v) is 15.0. The first-order chi connectivity index (χ1) is 19.9. The molecule has 0 bridgehead atoms. The van der Waals surface area contributed by atoms with Gasteiger partial charge >= 0.3 is 0 Å². The molecule has 4 aromatic carbocycles. The number of rotatable bonds is 5. The highest BCUT2D eigenvalue weighted by Crippen LogP contribution is 2.56. The summed E-state index contributed by atoms with van der Waals surface area (Å²) in [6.07, 6.45) is 4.68. The first-order valence-electron chi connectivity index (χ1n) is 15.0. The highest BCUT2D eigenvalue weighted by atomic mass is 16.5. The van der Waals surface area contributed by atoms with Crippen molar-refractivity contribution in [3.63, 3.8) is 0 Å². The fraction of sp³-hybridized carbons (Fsp3) is 0.361. The standard InChI is InChI=1S/C36H37N3O2/c1-22-13-15-28-27(19-22)32-34-33(25-11-7-8-12-26(25)35(32)41-36(28,2)3)38-29-16-14-24(20-30(29)39-34)21-31(40)37-18-17-23-9-5-4-6-10-23/h4-12,14,16,20,22,27-28H,13,15,17-19,21H2,1-3H3,(H,37,40). The van der Waals surface area contributed by atoms with Gasteiger partial charge in [-0.05, 0) is 68.2 Å². The van der Waals surface area contributed by atoms with Crippen LogP contribution in [0.3, 0.4) is 0 Å². The summed E-state index contributed by atoms with van der Waals surface area (Å²) < 4.78 is 6.88. The van der Waals surface area contributed by atoms with E-state index in [9.17, 15) is 4.79 Å². The Morgan fingerprint density at radius 2 is 1.66 bits per heavy atom. The van der Waals surface area contributed by atoms with Gasteiger partial charge in [-0.2, -0.15) is 0 Å². The molecular weight excluding hydrogens is 506 g/mol. The Balaban J connectivity index is 1.28. The first kappa shape index (κ1) is 25.9. The SMILES string of the molecule is CC1CCC2C(C1)c1c(c3ccccc3c3nc4ccc(CC(=O)NCCc5ccccc5)cc4nc13)OC2(C)C. The number of aromatic nitrogens is 2. The summed E-state index contributed by atoms with van der Waals surface area (Å²) in [5, 5.41) is 5.27. The van der Waals surface area contributed by atoms with E-state index >= 15 is 0 Å². The van der Waals surface area contributed by atoms with Gasteiger partial charge < -0.3 is 10.1 Å². The molecular formula is C36H37N3O2. The zero-order valence-electron chi connectivity index (χ0n) is 24.1. The molecule has 3 unspecified atom stereocenters. The minimum absolute atomic E-state index is 0.0204. The fourth-order valence-corrected chi connectivity index (χ4v) is 7.29. The van der Waals surface area contributed by atoms with Crippen molar-refractivity contribution in [2.45, 2.75) is 64.4 Å². The van der Waals surface area contributed by atoms with Gasteiger partial charge in [0.05, 0.1) is 28.5 Å². The quantitative estimate of drug-likeness (QED) is 0.184. The smallest absolute Gasteiger partial charge is 0.224 e. The van der Waals surface area contributed by atoms with E-state index in [1.807, 2.05) is 36.4 Å². The second-order valence-corrected chi connectivity index (χ2v) is 12.6. The summed E-state index contributed by atoms with van der Waals surface area (Å²) in [4.78, 5) is 23.3. The number of hydrogen-bond acceptors (Lipinski definition) is 4. The minimum Gasteiger partial charge on any atom is -0.487 e. The number of amides is 1. The number of ether oxygens (including phenoxy) is 1. The van der Waals surface area contributed by atoms with Gasteiger partial charge in [0.2, 0.25) is 5.91 Å². The maximum Gasteiger partial charge on any atom is 0.224 e. The molecule has 5 nitrogen and oxygen atoms in total. The molecule has 0 spiro atoms. The molecule has 2 heterocycles. The Bertz CT molecular complexity index is 1780. The third kappa shape index (κ3) is 4.71. The van der Waals surface area contributed by atoms with Gasteiger partial charge in [0, 0.05) is 28.8 Å². The molecule has 208 valence electrons. The number of nitrogens with zero attached hydrogens (tertiary/aromatic N) is 2. The van der Waals surface area contributed by atoms with Crippen LogP contribution in [0.15, 0.2) is 72.8 Å². The van der Waals surface area contributed by atoms with Gasteiger partial charge in [0.15, 0.2) is 0 Å². The van der Waals surface area contributed by atoms with Crippen LogP contribution in [0.2, 0.25) is 0 Å². The molecule has 1 aromatic heterocycles. The van der Waals surface area contributed by atoms with Crippen LogP contribution in [0.4, 0.5) is 0 Å². The molecule has 3 atom stereocenters. The zero-order valence-corrected chi connectivity index (χ0v) is 24.1. The molecule has 2 aliphatic rings. The molecule has 1 aliphatic carbocycles. The second-order valence-electron chi connectivity index (χ2n) is 12.6. The number of fused-ring (bicyclic) bond motifs is 9. The van der Waals surface area contributed by atoms with Crippen LogP contribution in [-0.2, 0) is 17.6 Å². The lowest BCUT2D eigenvalue weighted by Crippen LogP contribution is -2.46. The second kappa shape index (κ2) is 10.1. The van der Waals surface area contributed by atoms with Gasteiger partial charge in [-0.15, -0.1) is 0 Å². The summed E-state index contributed by atoms with van der Waals surface area (Å²) in [6, 6.07) is 24.7. The molecule has 1 N–H and O–H groups in total. The van der Waals surface area contributed by atoms with E-state index in [4.69, 9.17) is 14.7 Å². The van der Waals surface area contributed by atoms with Crippen molar-refractivity contribution in [2.75, 3.05) is 6.54 Å². The zero-order chi connectivity index (χ0) is 28.1. The molecule has 1 saturated carbocycles. The Labute approximate surface area is 241 Å². The maximum atomic E-state index is 12.8. The van der Waals surface area contributed by atoms with Crippen LogP contribution < -0.4 is 10.1 Å². The third-order valence-electron chi connectivity index (χ3n) is 9.34. The lowest BCUT2D eigenvalue weighted by atomic mass is 9.64. The lowest BCUT2D eigenvalue weighted by Gasteiger charge is -2.49. The normalized spacial score (nSPS) is 21.3. The van der Waals surface area contributed by atoms with E-state index in [0.717, 1.165) is 63.4 Å². The van der Waals surface area contributed by atoms with Crippen LogP contribution in [0.1, 0.15) is 62.6 Å². The lowest BCUT2D eigenvalue weighted by molar-refractivity contribution is -0.120. The van der Waals surface area contributed by atoms with Crippen LogP contribution in [0, 0.1) is 11.8 Å². The summed E-state index contributed by atoms with van der Waals surface area (Å²) in [5.41, 5.74) is 6.73. The summed E-state index contributed by atoms with van der Waals surface area (Å²) in [6.45, 7) is 7.51. The van der Waals surface area contributed by atoms with Crippen molar-refractivity contribution in [3.8, 4) is 5.75 Å². The minimum atomic E-state index is -0.237. The monoisotopic (exact) mass is 543 g/mol. The number of benzene rings is 4. The Morgan fingerprint density at radius 1 is 0.902 bits per heavy atom. The molecule has 1 aliphatic heterocycles. The van der Waals surface area contributed by atoms with Crippen LogP contribution in [-0.4, -0.2) is 28.0 Å². The largest absolute Gasteiger partial charge is 0.487 e. The van der Waals surface area contributed by atoms with E-state index in [-0.39, 0.29) is 11.5 Å².